The molecule has 10 heteroatoms. The number of hydrogen-bond donors (Lipinski definition) is 0. The van der Waals surface area contributed by atoms with E-state index in [1.54, 1.807) is 26.7 Å². The van der Waals surface area contributed by atoms with Crippen LogP contribution in [0.1, 0.15) is 44.4 Å². The molecule has 5 heterocycles. The van der Waals surface area contributed by atoms with E-state index in [2.05, 4.69) is 33.7 Å². The van der Waals surface area contributed by atoms with E-state index in [1.807, 2.05) is 11.0 Å². The Morgan fingerprint density at radius 3 is 2.75 bits per heavy atom. The summed E-state index contributed by atoms with van der Waals surface area (Å²) in [5, 5.41) is 0. The zero-order chi connectivity index (χ0) is 25.3. The molecule has 5 rings (SSSR count). The largest absolute Gasteiger partial charge is 0.491 e. The van der Waals surface area contributed by atoms with Gasteiger partial charge in [-0.25, -0.2) is 15.0 Å². The zero-order valence-electron chi connectivity index (χ0n) is 21.5. The molecule has 0 aromatic carbocycles. The fraction of sp³-hybridized carbons (Fsp3) is 0.615. The van der Waals surface area contributed by atoms with Crippen molar-refractivity contribution in [3.05, 3.63) is 29.8 Å². The molecule has 36 heavy (non-hydrogen) atoms. The number of ether oxygens (including phenoxy) is 4. The molecule has 0 aliphatic carbocycles. The second-order valence-corrected chi connectivity index (χ2v) is 10.3. The number of carbonyl (C=O) groups excluding carboxylic acids is 1. The molecule has 0 bridgehead atoms. The van der Waals surface area contributed by atoms with Crippen molar-refractivity contribution in [2.24, 2.45) is 5.92 Å². The molecule has 2 fully saturated rings. The van der Waals surface area contributed by atoms with Crippen LogP contribution in [0.25, 0.3) is 0 Å². The van der Waals surface area contributed by atoms with Gasteiger partial charge in [0.15, 0.2) is 5.75 Å². The van der Waals surface area contributed by atoms with Gasteiger partial charge in [-0.2, -0.15) is 0 Å². The van der Waals surface area contributed by atoms with Gasteiger partial charge in [-0.3, -0.25) is 4.79 Å². The van der Waals surface area contributed by atoms with Crippen LogP contribution in [0.3, 0.4) is 0 Å². The summed E-state index contributed by atoms with van der Waals surface area (Å²) in [7, 11) is 3.18. The van der Waals surface area contributed by atoms with Crippen LogP contribution < -0.4 is 19.1 Å². The average molecular weight is 498 g/mol. The normalized spacial score (nSPS) is 23.2. The zero-order valence-corrected chi connectivity index (χ0v) is 21.5. The highest BCUT2D eigenvalue weighted by atomic mass is 16.5. The van der Waals surface area contributed by atoms with Gasteiger partial charge in [0.2, 0.25) is 11.8 Å². The molecular weight excluding hydrogens is 462 g/mol. The van der Waals surface area contributed by atoms with E-state index in [9.17, 15) is 4.79 Å². The Hall–Kier alpha value is -3.14. The SMILES string of the molecule is COc1cc(N2CCc3ncnc(O[C@H]4CCN(C(=O)C5CCOC(C)(C)C5)C4)c3C2)cnc1OC. The lowest BCUT2D eigenvalue weighted by atomic mass is 9.87. The predicted molar refractivity (Wildman–Crippen MR) is 132 cm³/mol. The molecule has 2 aromatic rings. The first kappa shape index (κ1) is 24.5. The van der Waals surface area contributed by atoms with E-state index >= 15 is 0 Å². The molecule has 1 unspecified atom stereocenters. The number of nitrogens with zero attached hydrogens (tertiary/aromatic N) is 5. The number of rotatable bonds is 6. The van der Waals surface area contributed by atoms with E-state index in [1.165, 1.54) is 0 Å². The number of anilines is 1. The number of likely N-dealkylation sites (tertiary alicyclic amines) is 1. The molecule has 1 amide bonds. The van der Waals surface area contributed by atoms with Crippen molar-refractivity contribution in [3.8, 4) is 17.5 Å². The van der Waals surface area contributed by atoms with Gasteiger partial charge in [-0.15, -0.1) is 0 Å². The van der Waals surface area contributed by atoms with Crippen molar-refractivity contribution in [1.82, 2.24) is 19.9 Å². The number of pyridine rings is 1. The van der Waals surface area contributed by atoms with Crippen molar-refractivity contribution in [3.63, 3.8) is 0 Å². The van der Waals surface area contributed by atoms with Crippen molar-refractivity contribution >= 4 is 11.6 Å². The summed E-state index contributed by atoms with van der Waals surface area (Å²) in [6.45, 7) is 7.44. The maximum atomic E-state index is 13.2. The smallest absolute Gasteiger partial charge is 0.256 e. The monoisotopic (exact) mass is 497 g/mol. The topological polar surface area (TPSA) is 99.1 Å². The fourth-order valence-electron chi connectivity index (χ4n) is 5.41. The Morgan fingerprint density at radius 1 is 1.11 bits per heavy atom. The summed E-state index contributed by atoms with van der Waals surface area (Å²) < 4.78 is 22.9. The lowest BCUT2D eigenvalue weighted by molar-refractivity contribution is -0.144. The number of carbonyl (C=O) groups is 1. The summed E-state index contributed by atoms with van der Waals surface area (Å²) in [4.78, 5) is 30.7. The van der Waals surface area contributed by atoms with Crippen LogP contribution in [-0.4, -0.2) is 77.9 Å². The second-order valence-electron chi connectivity index (χ2n) is 10.3. The fourth-order valence-corrected chi connectivity index (χ4v) is 5.41. The second kappa shape index (κ2) is 10.1. The highest BCUT2D eigenvalue weighted by molar-refractivity contribution is 5.79. The molecule has 0 saturated carbocycles. The van der Waals surface area contributed by atoms with Gasteiger partial charge in [-0.1, -0.05) is 0 Å². The minimum absolute atomic E-state index is 0.0166. The van der Waals surface area contributed by atoms with Crippen LogP contribution in [0.15, 0.2) is 18.6 Å². The van der Waals surface area contributed by atoms with Crippen molar-refractivity contribution in [1.29, 1.82) is 0 Å². The number of hydrogen-bond acceptors (Lipinski definition) is 9. The lowest BCUT2D eigenvalue weighted by Crippen LogP contribution is -2.43. The highest BCUT2D eigenvalue weighted by Crippen LogP contribution is 2.34. The van der Waals surface area contributed by atoms with Crippen LogP contribution in [-0.2, 0) is 22.5 Å². The summed E-state index contributed by atoms with van der Waals surface area (Å²) in [5.41, 5.74) is 2.67. The molecule has 2 atom stereocenters. The Kier molecular flexibility index (Phi) is 6.87. The highest BCUT2D eigenvalue weighted by Gasteiger charge is 2.38. The van der Waals surface area contributed by atoms with Gasteiger partial charge >= 0.3 is 0 Å². The average Bonchev–Trinajstić information content (AvgIpc) is 3.35. The first-order valence-electron chi connectivity index (χ1n) is 12.6. The van der Waals surface area contributed by atoms with Gasteiger partial charge in [0, 0.05) is 44.5 Å². The van der Waals surface area contributed by atoms with Gasteiger partial charge in [0.25, 0.3) is 5.88 Å². The van der Waals surface area contributed by atoms with Gasteiger partial charge in [0.05, 0.1) is 56.1 Å². The number of methoxy groups -OCH3 is 2. The van der Waals surface area contributed by atoms with Gasteiger partial charge in [-0.05, 0) is 26.7 Å². The van der Waals surface area contributed by atoms with E-state index in [-0.39, 0.29) is 23.5 Å². The quantitative estimate of drug-likeness (QED) is 0.596. The van der Waals surface area contributed by atoms with Crippen LogP contribution in [0, 0.1) is 5.92 Å². The summed E-state index contributed by atoms with van der Waals surface area (Å²) >= 11 is 0. The maximum absolute atomic E-state index is 13.2. The Balaban J connectivity index is 1.26. The molecule has 2 saturated heterocycles. The third kappa shape index (κ3) is 5.04. The summed E-state index contributed by atoms with van der Waals surface area (Å²) in [6.07, 6.45) is 6.38. The molecule has 0 spiro atoms. The molecular formula is C26H35N5O5. The van der Waals surface area contributed by atoms with Crippen LogP contribution in [0.2, 0.25) is 0 Å². The Labute approximate surface area is 211 Å². The van der Waals surface area contributed by atoms with Gasteiger partial charge in [0.1, 0.15) is 12.4 Å². The lowest BCUT2D eigenvalue weighted by Gasteiger charge is -2.36. The van der Waals surface area contributed by atoms with Crippen molar-refractivity contribution in [2.75, 3.05) is 45.4 Å². The predicted octanol–water partition coefficient (Wildman–Crippen LogP) is 2.64. The minimum Gasteiger partial charge on any atom is -0.491 e. The third-order valence-electron chi connectivity index (χ3n) is 7.33. The minimum atomic E-state index is -0.247. The number of amides is 1. The number of fused-ring (bicyclic) bond motifs is 1. The standard InChI is InChI=1S/C26H35N5O5/c1-26(2)12-17(7-10-35-26)25(32)31-8-5-19(14-31)36-23-20-15-30(9-6-21(20)28-16-29-23)18-11-22(33-3)24(34-4)27-13-18/h11,13,16-17,19H,5-10,12,14-15H2,1-4H3/t17?,19-/m0/s1. The summed E-state index contributed by atoms with van der Waals surface area (Å²) in [5.74, 6) is 1.88. The summed E-state index contributed by atoms with van der Waals surface area (Å²) in [6, 6.07) is 1.93. The van der Waals surface area contributed by atoms with Crippen LogP contribution >= 0.6 is 0 Å². The van der Waals surface area contributed by atoms with Crippen LogP contribution in [0.4, 0.5) is 5.69 Å². The van der Waals surface area contributed by atoms with E-state index in [0.717, 1.165) is 49.2 Å². The van der Waals surface area contributed by atoms with E-state index < -0.39 is 0 Å². The van der Waals surface area contributed by atoms with Crippen molar-refractivity contribution in [2.45, 2.75) is 57.8 Å². The molecule has 2 aromatic heterocycles. The number of aromatic nitrogens is 3. The molecule has 194 valence electrons. The molecule has 3 aliphatic heterocycles. The Bertz CT molecular complexity index is 1110. The maximum Gasteiger partial charge on any atom is 0.256 e. The first-order chi connectivity index (χ1) is 17.4. The molecule has 10 nitrogen and oxygen atoms in total. The molecule has 0 radical (unpaired) electrons. The molecule has 0 N–H and O–H groups in total. The third-order valence-corrected chi connectivity index (χ3v) is 7.33. The first-order valence-corrected chi connectivity index (χ1v) is 12.6. The Morgan fingerprint density at radius 2 is 1.97 bits per heavy atom. The molecule has 3 aliphatic rings. The van der Waals surface area contributed by atoms with Gasteiger partial charge < -0.3 is 28.7 Å². The van der Waals surface area contributed by atoms with E-state index in [0.29, 0.717) is 43.8 Å². The van der Waals surface area contributed by atoms with E-state index in [4.69, 9.17) is 18.9 Å². The van der Waals surface area contributed by atoms with Crippen LogP contribution in [0.5, 0.6) is 17.5 Å². The van der Waals surface area contributed by atoms with Crippen molar-refractivity contribution < 1.29 is 23.7 Å².